The van der Waals surface area contributed by atoms with Crippen molar-refractivity contribution in [3.63, 3.8) is 0 Å². The highest BCUT2D eigenvalue weighted by Crippen LogP contribution is 2.27. The fraction of sp³-hybridized carbons (Fsp3) is 0.579. The molecule has 0 radical (unpaired) electrons. The molecule has 1 N–H and O–H groups in total. The van der Waals surface area contributed by atoms with Crippen LogP contribution in [0.5, 0.6) is 0 Å². The topological polar surface area (TPSA) is 50.2 Å². The van der Waals surface area contributed by atoms with E-state index in [1.165, 1.54) is 0 Å². The number of likely N-dealkylation sites (tertiary alicyclic amines) is 1. The summed E-state index contributed by atoms with van der Waals surface area (Å²) in [4.78, 5) is 19.8. The number of amides is 1. The number of halogens is 2. The molecular formula is C19H28Cl2N4OS. The van der Waals surface area contributed by atoms with Crippen LogP contribution in [-0.4, -0.2) is 52.8 Å². The first-order chi connectivity index (χ1) is 12.3. The average molecular weight is 431 g/mol. The summed E-state index contributed by atoms with van der Waals surface area (Å²) in [7, 11) is 0. The second kappa shape index (κ2) is 10.0. The molecule has 1 aromatic heterocycles. The lowest BCUT2D eigenvalue weighted by Crippen LogP contribution is -2.35. The quantitative estimate of drug-likeness (QED) is 0.808. The predicted octanol–water partition coefficient (Wildman–Crippen LogP) is 3.20. The molecule has 2 fully saturated rings. The Morgan fingerprint density at radius 3 is 2.52 bits per heavy atom. The number of hydrogen-bond donors (Lipinski definition) is 1. The SMILES string of the molecule is CSCc1nc2ccccc2n1CC(=O)N1CC[C@@H]2CNC[C@@H]2CC1.Cl.Cl. The number of para-hydroxylation sites is 2. The Labute approximate surface area is 177 Å². The summed E-state index contributed by atoms with van der Waals surface area (Å²) >= 11 is 1.75. The van der Waals surface area contributed by atoms with Gasteiger partial charge in [0.1, 0.15) is 12.4 Å². The summed E-state index contributed by atoms with van der Waals surface area (Å²) < 4.78 is 2.11. The lowest BCUT2D eigenvalue weighted by Gasteiger charge is -2.22. The molecule has 4 rings (SSSR count). The Bertz CT molecular complexity index is 755. The third-order valence-electron chi connectivity index (χ3n) is 5.67. The van der Waals surface area contributed by atoms with Crippen molar-refractivity contribution in [1.82, 2.24) is 19.8 Å². The molecule has 150 valence electrons. The van der Waals surface area contributed by atoms with E-state index in [1.807, 2.05) is 18.2 Å². The molecule has 2 aromatic rings. The molecule has 2 atom stereocenters. The second-order valence-electron chi connectivity index (χ2n) is 7.17. The minimum atomic E-state index is 0. The minimum Gasteiger partial charge on any atom is -0.341 e. The summed E-state index contributed by atoms with van der Waals surface area (Å²) in [5, 5.41) is 3.50. The maximum absolute atomic E-state index is 13.0. The molecule has 1 amide bonds. The van der Waals surface area contributed by atoms with Crippen molar-refractivity contribution in [2.75, 3.05) is 32.4 Å². The van der Waals surface area contributed by atoms with E-state index < -0.39 is 0 Å². The van der Waals surface area contributed by atoms with Gasteiger partial charge in [0.05, 0.1) is 16.8 Å². The molecule has 0 bridgehead atoms. The molecule has 0 saturated carbocycles. The van der Waals surface area contributed by atoms with Crippen molar-refractivity contribution in [2.45, 2.75) is 25.1 Å². The molecule has 0 spiro atoms. The van der Waals surface area contributed by atoms with Gasteiger partial charge in [-0.1, -0.05) is 12.1 Å². The monoisotopic (exact) mass is 430 g/mol. The van der Waals surface area contributed by atoms with Gasteiger partial charge in [-0.2, -0.15) is 11.8 Å². The van der Waals surface area contributed by atoms with Crippen LogP contribution >= 0.6 is 36.6 Å². The van der Waals surface area contributed by atoms with Crippen molar-refractivity contribution in [1.29, 1.82) is 0 Å². The maximum Gasteiger partial charge on any atom is 0.242 e. The summed E-state index contributed by atoms with van der Waals surface area (Å²) in [5.41, 5.74) is 2.05. The zero-order chi connectivity index (χ0) is 17.2. The highest BCUT2D eigenvalue weighted by Gasteiger charge is 2.31. The van der Waals surface area contributed by atoms with E-state index in [0.29, 0.717) is 6.54 Å². The normalized spacial score (nSPS) is 21.9. The fourth-order valence-electron chi connectivity index (χ4n) is 4.24. The lowest BCUT2D eigenvalue weighted by molar-refractivity contribution is -0.131. The van der Waals surface area contributed by atoms with Gasteiger partial charge in [-0.3, -0.25) is 4.79 Å². The van der Waals surface area contributed by atoms with Gasteiger partial charge in [0.15, 0.2) is 0 Å². The first-order valence-corrected chi connectivity index (χ1v) is 10.6. The molecule has 27 heavy (non-hydrogen) atoms. The number of rotatable bonds is 4. The van der Waals surface area contributed by atoms with Crippen molar-refractivity contribution in [3.05, 3.63) is 30.1 Å². The Morgan fingerprint density at radius 1 is 1.19 bits per heavy atom. The van der Waals surface area contributed by atoms with Crippen molar-refractivity contribution >= 4 is 53.5 Å². The largest absolute Gasteiger partial charge is 0.341 e. The minimum absolute atomic E-state index is 0. The van der Waals surface area contributed by atoms with Crippen LogP contribution in [0.3, 0.4) is 0 Å². The molecular weight excluding hydrogens is 403 g/mol. The third kappa shape index (κ3) is 4.73. The first kappa shape index (κ1) is 22.3. The first-order valence-electron chi connectivity index (χ1n) is 9.18. The number of carbonyl (C=O) groups excluding carboxylic acids is 1. The van der Waals surface area contributed by atoms with Crippen LogP contribution in [0.25, 0.3) is 11.0 Å². The Hall–Kier alpha value is -0.950. The standard InChI is InChI=1S/C19H26N4OS.2ClH/c1-25-13-18-21-16-4-2-3-5-17(16)23(18)12-19(24)22-8-6-14-10-20-11-15(14)7-9-22;;/h2-5,14-15,20H,6-13H2,1H3;2*1H/t14-,15+;;. The van der Waals surface area contributed by atoms with Crippen LogP contribution in [0.2, 0.25) is 0 Å². The van der Waals surface area contributed by atoms with Crippen LogP contribution < -0.4 is 5.32 Å². The summed E-state index contributed by atoms with van der Waals surface area (Å²) in [6.07, 6.45) is 4.34. The van der Waals surface area contributed by atoms with E-state index in [-0.39, 0.29) is 30.7 Å². The molecule has 5 nitrogen and oxygen atoms in total. The van der Waals surface area contributed by atoms with Crippen molar-refractivity contribution in [2.24, 2.45) is 11.8 Å². The number of benzene rings is 1. The molecule has 2 aliphatic heterocycles. The molecule has 0 unspecified atom stereocenters. The van der Waals surface area contributed by atoms with Crippen molar-refractivity contribution in [3.8, 4) is 0 Å². The number of fused-ring (bicyclic) bond motifs is 2. The van der Waals surface area contributed by atoms with E-state index in [9.17, 15) is 4.79 Å². The highest BCUT2D eigenvalue weighted by molar-refractivity contribution is 7.97. The van der Waals surface area contributed by atoms with Crippen LogP contribution in [0, 0.1) is 11.8 Å². The van der Waals surface area contributed by atoms with Gasteiger partial charge in [-0.05, 0) is 56.2 Å². The van der Waals surface area contributed by atoms with Gasteiger partial charge in [0.2, 0.25) is 5.91 Å². The Kier molecular flexibility index (Phi) is 8.28. The number of hydrogen-bond acceptors (Lipinski definition) is 4. The van der Waals surface area contributed by atoms with E-state index in [0.717, 1.165) is 73.5 Å². The average Bonchev–Trinajstić information content (AvgIpc) is 3.15. The van der Waals surface area contributed by atoms with Gasteiger partial charge in [0.25, 0.3) is 0 Å². The summed E-state index contributed by atoms with van der Waals surface area (Å²) in [6.45, 7) is 4.44. The van der Waals surface area contributed by atoms with Gasteiger partial charge in [-0.25, -0.2) is 4.98 Å². The van der Waals surface area contributed by atoms with Crippen LogP contribution in [0.4, 0.5) is 0 Å². The zero-order valence-corrected chi connectivity index (χ0v) is 18.0. The van der Waals surface area contributed by atoms with Crippen LogP contribution in [0.15, 0.2) is 24.3 Å². The molecule has 8 heteroatoms. The zero-order valence-electron chi connectivity index (χ0n) is 15.6. The molecule has 1 aromatic carbocycles. The summed E-state index contributed by atoms with van der Waals surface area (Å²) in [6, 6.07) is 8.12. The number of carbonyl (C=O) groups is 1. The lowest BCUT2D eigenvalue weighted by atomic mass is 9.92. The van der Waals surface area contributed by atoms with E-state index in [2.05, 4.69) is 27.1 Å². The second-order valence-corrected chi connectivity index (χ2v) is 8.04. The van der Waals surface area contributed by atoms with Crippen LogP contribution in [-0.2, 0) is 17.1 Å². The maximum atomic E-state index is 13.0. The summed E-state index contributed by atoms with van der Waals surface area (Å²) in [5.74, 6) is 3.56. The number of nitrogens with one attached hydrogen (secondary N) is 1. The van der Waals surface area contributed by atoms with E-state index in [1.54, 1.807) is 11.8 Å². The third-order valence-corrected chi connectivity index (χ3v) is 6.22. The van der Waals surface area contributed by atoms with Crippen molar-refractivity contribution < 1.29 is 4.79 Å². The smallest absolute Gasteiger partial charge is 0.242 e. The fourth-order valence-corrected chi connectivity index (χ4v) is 4.72. The van der Waals surface area contributed by atoms with Crippen LogP contribution in [0.1, 0.15) is 18.7 Å². The molecule has 0 aliphatic carbocycles. The number of nitrogens with zero attached hydrogens (tertiary/aromatic N) is 3. The van der Waals surface area contributed by atoms with Gasteiger partial charge >= 0.3 is 0 Å². The van der Waals surface area contributed by atoms with Gasteiger partial charge in [-0.15, -0.1) is 24.8 Å². The number of thioether (sulfide) groups is 1. The molecule has 2 saturated heterocycles. The molecule has 2 aliphatic rings. The predicted molar refractivity (Wildman–Crippen MR) is 117 cm³/mol. The number of aromatic nitrogens is 2. The highest BCUT2D eigenvalue weighted by atomic mass is 35.5. The van der Waals surface area contributed by atoms with E-state index >= 15 is 0 Å². The van der Waals surface area contributed by atoms with Gasteiger partial charge < -0.3 is 14.8 Å². The van der Waals surface area contributed by atoms with E-state index in [4.69, 9.17) is 4.98 Å². The Balaban J connectivity index is 0.00000131. The molecule has 3 heterocycles. The Morgan fingerprint density at radius 2 is 1.85 bits per heavy atom. The number of imidazole rings is 1. The van der Waals surface area contributed by atoms with Gasteiger partial charge in [0, 0.05) is 13.1 Å².